The monoisotopic (exact) mass is 316 g/mol. The molecule has 0 amide bonds. The van der Waals surface area contributed by atoms with Crippen LogP contribution in [-0.2, 0) is 18.2 Å². The summed E-state index contributed by atoms with van der Waals surface area (Å²) < 4.78 is 7.91. The summed E-state index contributed by atoms with van der Waals surface area (Å²) in [6, 6.07) is 4.44. The standard InChI is InChI=1S/C16H20N4OS/c1-4-14-13(7-17)16(19(3)18-14)20-8-11(2)21-15(9-20)12-5-6-22-10-12/h5-6,10-11,15H,4,8-9H2,1-3H3. The number of hydrogen-bond acceptors (Lipinski definition) is 5. The molecule has 3 rings (SSSR count). The molecule has 0 radical (unpaired) electrons. The molecule has 0 saturated carbocycles. The number of rotatable bonds is 3. The number of nitriles is 1. The molecule has 0 aliphatic carbocycles. The fourth-order valence-corrected chi connectivity index (χ4v) is 3.76. The Morgan fingerprint density at radius 2 is 2.32 bits per heavy atom. The Kier molecular flexibility index (Phi) is 4.19. The van der Waals surface area contributed by atoms with E-state index in [2.05, 4.69) is 39.8 Å². The van der Waals surface area contributed by atoms with Crippen molar-refractivity contribution in [2.24, 2.45) is 7.05 Å². The summed E-state index contributed by atoms with van der Waals surface area (Å²) in [6.07, 6.45) is 0.927. The maximum absolute atomic E-state index is 9.53. The van der Waals surface area contributed by atoms with E-state index in [1.807, 2.05) is 18.7 Å². The molecular weight excluding hydrogens is 296 g/mol. The van der Waals surface area contributed by atoms with Gasteiger partial charge in [-0.3, -0.25) is 4.68 Å². The number of nitrogens with zero attached hydrogens (tertiary/aromatic N) is 4. The molecule has 2 aromatic rings. The summed E-state index contributed by atoms with van der Waals surface area (Å²) in [4.78, 5) is 2.24. The zero-order chi connectivity index (χ0) is 15.7. The Balaban J connectivity index is 1.94. The van der Waals surface area contributed by atoms with Crippen molar-refractivity contribution in [2.45, 2.75) is 32.5 Å². The molecule has 116 valence electrons. The Hall–Kier alpha value is -1.84. The predicted molar refractivity (Wildman–Crippen MR) is 87.1 cm³/mol. The van der Waals surface area contributed by atoms with Crippen molar-refractivity contribution < 1.29 is 4.74 Å². The highest BCUT2D eigenvalue weighted by Gasteiger charge is 2.30. The number of aromatic nitrogens is 2. The Bertz CT molecular complexity index is 686. The first kappa shape index (κ1) is 15.1. The van der Waals surface area contributed by atoms with Crippen molar-refractivity contribution in [2.75, 3.05) is 18.0 Å². The van der Waals surface area contributed by atoms with Crippen LogP contribution in [0.1, 0.15) is 36.8 Å². The highest BCUT2D eigenvalue weighted by atomic mass is 32.1. The Labute approximate surface area is 134 Å². The fourth-order valence-electron chi connectivity index (χ4n) is 3.06. The molecule has 2 atom stereocenters. The summed E-state index contributed by atoms with van der Waals surface area (Å²) in [7, 11) is 1.91. The summed E-state index contributed by atoms with van der Waals surface area (Å²) in [5, 5.41) is 18.2. The van der Waals surface area contributed by atoms with Gasteiger partial charge in [-0.15, -0.1) is 0 Å². The van der Waals surface area contributed by atoms with Crippen LogP contribution >= 0.6 is 11.3 Å². The van der Waals surface area contributed by atoms with Gasteiger partial charge in [0.05, 0.1) is 11.8 Å². The van der Waals surface area contributed by atoms with Crippen molar-refractivity contribution >= 4 is 17.2 Å². The van der Waals surface area contributed by atoms with E-state index in [9.17, 15) is 5.26 Å². The largest absolute Gasteiger partial charge is 0.367 e. The first-order valence-electron chi connectivity index (χ1n) is 7.52. The van der Waals surface area contributed by atoms with Crippen molar-refractivity contribution in [3.63, 3.8) is 0 Å². The average molecular weight is 316 g/mol. The molecule has 6 heteroatoms. The molecule has 1 fully saturated rings. The zero-order valence-corrected chi connectivity index (χ0v) is 13.9. The molecule has 3 heterocycles. The van der Waals surface area contributed by atoms with E-state index in [1.165, 1.54) is 5.56 Å². The lowest BCUT2D eigenvalue weighted by Crippen LogP contribution is -2.44. The fraction of sp³-hybridized carbons (Fsp3) is 0.500. The number of morpholine rings is 1. The van der Waals surface area contributed by atoms with Gasteiger partial charge in [-0.1, -0.05) is 6.92 Å². The van der Waals surface area contributed by atoms with Crippen LogP contribution in [0, 0.1) is 11.3 Å². The van der Waals surface area contributed by atoms with Gasteiger partial charge in [0.2, 0.25) is 0 Å². The Morgan fingerprint density at radius 3 is 2.95 bits per heavy atom. The molecule has 0 N–H and O–H groups in total. The quantitative estimate of drug-likeness (QED) is 0.874. The molecule has 5 nitrogen and oxygen atoms in total. The molecular formula is C16H20N4OS. The van der Waals surface area contributed by atoms with Gasteiger partial charge in [-0.2, -0.15) is 21.7 Å². The molecule has 0 aromatic carbocycles. The van der Waals surface area contributed by atoms with Crippen LogP contribution in [0.5, 0.6) is 0 Å². The summed E-state index contributed by atoms with van der Waals surface area (Å²) in [6.45, 7) is 5.63. The van der Waals surface area contributed by atoms with Crippen LogP contribution in [0.25, 0.3) is 0 Å². The molecule has 0 spiro atoms. The van der Waals surface area contributed by atoms with E-state index in [0.717, 1.165) is 31.0 Å². The van der Waals surface area contributed by atoms with Crippen LogP contribution in [0.3, 0.4) is 0 Å². The molecule has 1 aliphatic heterocycles. The SMILES string of the molecule is CCc1nn(C)c(N2CC(C)OC(c3ccsc3)C2)c1C#N. The maximum atomic E-state index is 9.53. The van der Waals surface area contributed by atoms with Crippen molar-refractivity contribution in [3.8, 4) is 6.07 Å². The third-order valence-electron chi connectivity index (χ3n) is 4.01. The molecule has 2 unspecified atom stereocenters. The second-order valence-electron chi connectivity index (χ2n) is 5.63. The lowest BCUT2D eigenvalue weighted by molar-refractivity contribution is -0.0175. The Morgan fingerprint density at radius 1 is 1.50 bits per heavy atom. The average Bonchev–Trinajstić information content (AvgIpc) is 3.13. The van der Waals surface area contributed by atoms with Crippen molar-refractivity contribution in [3.05, 3.63) is 33.6 Å². The van der Waals surface area contributed by atoms with Crippen LogP contribution in [-0.4, -0.2) is 29.0 Å². The van der Waals surface area contributed by atoms with E-state index in [1.54, 1.807) is 11.3 Å². The lowest BCUT2D eigenvalue weighted by atomic mass is 10.1. The number of aryl methyl sites for hydroxylation is 2. The van der Waals surface area contributed by atoms with Crippen molar-refractivity contribution in [1.82, 2.24) is 9.78 Å². The van der Waals surface area contributed by atoms with Crippen LogP contribution in [0.2, 0.25) is 0 Å². The van der Waals surface area contributed by atoms with E-state index in [-0.39, 0.29) is 12.2 Å². The van der Waals surface area contributed by atoms with E-state index in [4.69, 9.17) is 4.74 Å². The predicted octanol–water partition coefficient (Wildman–Crippen LogP) is 2.88. The third kappa shape index (κ3) is 2.62. The van der Waals surface area contributed by atoms with Crippen LogP contribution in [0.15, 0.2) is 16.8 Å². The van der Waals surface area contributed by atoms with Gasteiger partial charge in [-0.25, -0.2) is 0 Å². The first-order chi connectivity index (χ1) is 10.6. The number of anilines is 1. The second kappa shape index (κ2) is 6.11. The lowest BCUT2D eigenvalue weighted by Gasteiger charge is -2.37. The highest BCUT2D eigenvalue weighted by molar-refractivity contribution is 7.07. The van der Waals surface area contributed by atoms with Gasteiger partial charge in [0.1, 0.15) is 23.6 Å². The molecule has 1 saturated heterocycles. The minimum Gasteiger partial charge on any atom is -0.367 e. The van der Waals surface area contributed by atoms with E-state index < -0.39 is 0 Å². The first-order valence-corrected chi connectivity index (χ1v) is 8.46. The minimum absolute atomic E-state index is 0.0431. The van der Waals surface area contributed by atoms with Gasteiger partial charge in [-0.05, 0) is 35.7 Å². The third-order valence-corrected chi connectivity index (χ3v) is 4.71. The smallest absolute Gasteiger partial charge is 0.145 e. The molecule has 22 heavy (non-hydrogen) atoms. The van der Waals surface area contributed by atoms with Gasteiger partial charge in [0.15, 0.2) is 0 Å². The van der Waals surface area contributed by atoms with Gasteiger partial charge in [0, 0.05) is 20.1 Å². The highest BCUT2D eigenvalue weighted by Crippen LogP contribution is 2.32. The van der Waals surface area contributed by atoms with Crippen LogP contribution < -0.4 is 4.90 Å². The zero-order valence-electron chi connectivity index (χ0n) is 13.1. The normalized spacial score (nSPS) is 21.8. The summed E-state index contributed by atoms with van der Waals surface area (Å²) >= 11 is 1.68. The topological polar surface area (TPSA) is 54.1 Å². The molecule has 0 bridgehead atoms. The molecule has 2 aromatic heterocycles. The molecule has 1 aliphatic rings. The summed E-state index contributed by atoms with van der Waals surface area (Å²) in [5.41, 5.74) is 2.77. The number of thiophene rings is 1. The minimum atomic E-state index is 0.0431. The van der Waals surface area contributed by atoms with Gasteiger partial charge >= 0.3 is 0 Å². The number of hydrogen-bond donors (Lipinski definition) is 0. The van der Waals surface area contributed by atoms with Gasteiger partial charge in [0.25, 0.3) is 0 Å². The van der Waals surface area contributed by atoms with E-state index in [0.29, 0.717) is 5.56 Å². The van der Waals surface area contributed by atoms with Crippen molar-refractivity contribution in [1.29, 1.82) is 5.26 Å². The van der Waals surface area contributed by atoms with Gasteiger partial charge < -0.3 is 9.64 Å². The number of ether oxygens (including phenoxy) is 1. The maximum Gasteiger partial charge on any atom is 0.145 e. The summed E-state index contributed by atoms with van der Waals surface area (Å²) in [5.74, 6) is 0.912. The van der Waals surface area contributed by atoms with Crippen LogP contribution in [0.4, 0.5) is 5.82 Å². The van der Waals surface area contributed by atoms with E-state index >= 15 is 0 Å². The second-order valence-corrected chi connectivity index (χ2v) is 6.41.